The molecule has 0 heteroatoms. The summed E-state index contributed by atoms with van der Waals surface area (Å²) < 4.78 is 0. The zero-order chi connectivity index (χ0) is 14.6. The highest BCUT2D eigenvalue weighted by atomic mass is 14.0. The second kappa shape index (κ2) is 10.6. The van der Waals surface area contributed by atoms with Gasteiger partial charge in [0.15, 0.2) is 0 Å². The van der Waals surface area contributed by atoms with Crippen LogP contribution in [0.25, 0.3) is 0 Å². The molecule has 0 fully saturated rings. The first kappa shape index (κ1) is 16.8. The molecular weight excluding hydrogens is 240 g/mol. The van der Waals surface area contributed by atoms with E-state index >= 15 is 0 Å². The third kappa shape index (κ3) is 7.39. The molecule has 1 rings (SSSR count). The van der Waals surface area contributed by atoms with E-state index in [9.17, 15) is 0 Å². The van der Waals surface area contributed by atoms with E-state index in [1.165, 1.54) is 62.5 Å². The van der Waals surface area contributed by atoms with Crippen molar-refractivity contribution in [1.29, 1.82) is 0 Å². The van der Waals surface area contributed by atoms with Crippen molar-refractivity contribution in [1.82, 2.24) is 0 Å². The van der Waals surface area contributed by atoms with E-state index in [0.29, 0.717) is 0 Å². The Hall–Kier alpha value is -1.22. The molecule has 0 aromatic heterocycles. The largest absolute Gasteiger partial charge is 0.0979 e. The number of rotatable bonds is 8. The van der Waals surface area contributed by atoms with Crippen LogP contribution < -0.4 is 0 Å². The molecule has 0 aliphatic carbocycles. The molecular formula is C20H30. The van der Waals surface area contributed by atoms with Gasteiger partial charge >= 0.3 is 0 Å². The van der Waals surface area contributed by atoms with Gasteiger partial charge in [0.2, 0.25) is 0 Å². The lowest BCUT2D eigenvalue weighted by molar-refractivity contribution is 0.579. The summed E-state index contributed by atoms with van der Waals surface area (Å²) in [5.74, 6) is 6.59. The average Bonchev–Trinajstić information content (AvgIpc) is 2.45. The standard InChI is InChI=1S/C20H30/c1-4-5-6-7-8-9-10-11-12-13-14-20-16-15-18(2)19(3)17-20/h15-17H,4-12H2,1-3H3. The van der Waals surface area contributed by atoms with Gasteiger partial charge in [-0.3, -0.25) is 0 Å². The Morgan fingerprint density at radius 2 is 1.45 bits per heavy atom. The van der Waals surface area contributed by atoms with Gasteiger partial charge in [-0.15, -0.1) is 0 Å². The van der Waals surface area contributed by atoms with Gasteiger partial charge in [-0.25, -0.2) is 0 Å². The lowest BCUT2D eigenvalue weighted by Crippen LogP contribution is -1.82. The van der Waals surface area contributed by atoms with Crippen LogP contribution >= 0.6 is 0 Å². The maximum Gasteiger partial charge on any atom is 0.0248 e. The van der Waals surface area contributed by atoms with Crippen molar-refractivity contribution in [3.8, 4) is 11.8 Å². The first-order valence-electron chi connectivity index (χ1n) is 8.30. The summed E-state index contributed by atoms with van der Waals surface area (Å²) in [6, 6.07) is 6.48. The van der Waals surface area contributed by atoms with Gasteiger partial charge < -0.3 is 0 Å². The van der Waals surface area contributed by atoms with E-state index < -0.39 is 0 Å². The van der Waals surface area contributed by atoms with Gasteiger partial charge in [0.05, 0.1) is 0 Å². The van der Waals surface area contributed by atoms with E-state index in [0.717, 1.165) is 12.0 Å². The average molecular weight is 270 g/mol. The highest BCUT2D eigenvalue weighted by molar-refractivity contribution is 5.39. The molecule has 0 radical (unpaired) electrons. The van der Waals surface area contributed by atoms with E-state index in [4.69, 9.17) is 0 Å². The minimum absolute atomic E-state index is 1.04. The van der Waals surface area contributed by atoms with Crippen molar-refractivity contribution >= 4 is 0 Å². The molecule has 20 heavy (non-hydrogen) atoms. The predicted molar refractivity (Wildman–Crippen MR) is 90.0 cm³/mol. The Morgan fingerprint density at radius 1 is 0.800 bits per heavy atom. The summed E-state index contributed by atoms with van der Waals surface area (Å²) in [7, 11) is 0. The lowest BCUT2D eigenvalue weighted by atomic mass is 10.1. The predicted octanol–water partition coefficient (Wildman–Crippen LogP) is 6.19. The fraction of sp³-hybridized carbons (Fsp3) is 0.600. The molecule has 1 aromatic rings. The Morgan fingerprint density at radius 3 is 2.10 bits per heavy atom. The highest BCUT2D eigenvalue weighted by Crippen LogP contribution is 2.10. The smallest absolute Gasteiger partial charge is 0.0248 e. The molecule has 0 saturated heterocycles. The summed E-state index contributed by atoms with van der Waals surface area (Å²) >= 11 is 0. The monoisotopic (exact) mass is 270 g/mol. The summed E-state index contributed by atoms with van der Waals surface area (Å²) in [5, 5.41) is 0. The van der Waals surface area contributed by atoms with Crippen LogP contribution in [0.4, 0.5) is 0 Å². The maximum atomic E-state index is 3.31. The molecule has 1 aromatic carbocycles. The van der Waals surface area contributed by atoms with Gasteiger partial charge in [0.25, 0.3) is 0 Å². The van der Waals surface area contributed by atoms with Crippen LogP contribution in [0.1, 0.15) is 81.4 Å². The number of aryl methyl sites for hydroxylation is 2. The number of hydrogen-bond acceptors (Lipinski definition) is 0. The Kier molecular flexibility index (Phi) is 8.88. The van der Waals surface area contributed by atoms with Crippen LogP contribution in [-0.4, -0.2) is 0 Å². The zero-order valence-corrected chi connectivity index (χ0v) is 13.6. The summed E-state index contributed by atoms with van der Waals surface area (Å²) in [6.07, 6.45) is 12.0. The Bertz CT molecular complexity index is 431. The quantitative estimate of drug-likeness (QED) is 0.390. The SMILES string of the molecule is CCCCCCCCCCC#Cc1ccc(C)c(C)c1. The lowest BCUT2D eigenvalue weighted by Gasteiger charge is -2.00. The molecule has 0 bridgehead atoms. The van der Waals surface area contributed by atoms with Crippen LogP contribution in [-0.2, 0) is 0 Å². The molecule has 0 N–H and O–H groups in total. The van der Waals surface area contributed by atoms with Crippen LogP contribution in [0.5, 0.6) is 0 Å². The van der Waals surface area contributed by atoms with Gasteiger partial charge in [0.1, 0.15) is 0 Å². The van der Waals surface area contributed by atoms with Gasteiger partial charge in [0, 0.05) is 12.0 Å². The summed E-state index contributed by atoms with van der Waals surface area (Å²) in [5.41, 5.74) is 3.84. The van der Waals surface area contributed by atoms with Crippen molar-refractivity contribution < 1.29 is 0 Å². The van der Waals surface area contributed by atoms with Crippen molar-refractivity contribution in [3.63, 3.8) is 0 Å². The Balaban J connectivity index is 2.09. The molecule has 0 atom stereocenters. The van der Waals surface area contributed by atoms with Gasteiger partial charge in [-0.1, -0.05) is 69.8 Å². The molecule has 0 aliphatic rings. The maximum absolute atomic E-state index is 3.31. The van der Waals surface area contributed by atoms with Crippen LogP contribution in [0.3, 0.4) is 0 Å². The topological polar surface area (TPSA) is 0 Å². The van der Waals surface area contributed by atoms with Crippen molar-refractivity contribution in [2.24, 2.45) is 0 Å². The second-order valence-electron chi connectivity index (χ2n) is 5.83. The van der Waals surface area contributed by atoms with Crippen LogP contribution in [0, 0.1) is 25.7 Å². The zero-order valence-electron chi connectivity index (χ0n) is 13.6. The summed E-state index contributed by atoms with van der Waals surface area (Å²) in [4.78, 5) is 0. The fourth-order valence-corrected chi connectivity index (χ4v) is 2.33. The van der Waals surface area contributed by atoms with E-state index in [1.54, 1.807) is 0 Å². The summed E-state index contributed by atoms with van der Waals surface area (Å²) in [6.45, 7) is 6.57. The van der Waals surface area contributed by atoms with Crippen LogP contribution in [0.2, 0.25) is 0 Å². The van der Waals surface area contributed by atoms with Gasteiger partial charge in [-0.05, 0) is 43.5 Å². The van der Waals surface area contributed by atoms with Crippen molar-refractivity contribution in [3.05, 3.63) is 34.9 Å². The van der Waals surface area contributed by atoms with E-state index in [2.05, 4.69) is 50.8 Å². The van der Waals surface area contributed by atoms with E-state index in [1.807, 2.05) is 0 Å². The third-order valence-electron chi connectivity index (χ3n) is 3.89. The molecule has 0 amide bonds. The second-order valence-corrected chi connectivity index (χ2v) is 5.83. The molecule has 0 nitrogen and oxygen atoms in total. The normalized spacial score (nSPS) is 10.2. The molecule has 110 valence electrons. The molecule has 0 saturated carbocycles. The first-order chi connectivity index (χ1) is 9.74. The number of benzene rings is 1. The van der Waals surface area contributed by atoms with Crippen LogP contribution in [0.15, 0.2) is 18.2 Å². The minimum atomic E-state index is 1.04. The molecule has 0 unspecified atom stereocenters. The molecule has 0 spiro atoms. The molecule has 0 aliphatic heterocycles. The number of hydrogen-bond donors (Lipinski definition) is 0. The number of unbranched alkanes of at least 4 members (excludes halogenated alkanes) is 8. The van der Waals surface area contributed by atoms with Crippen molar-refractivity contribution in [2.45, 2.75) is 78.6 Å². The minimum Gasteiger partial charge on any atom is -0.0979 e. The Labute approximate surface area is 126 Å². The highest BCUT2D eigenvalue weighted by Gasteiger charge is 1.93. The fourth-order valence-electron chi connectivity index (χ4n) is 2.33. The van der Waals surface area contributed by atoms with Gasteiger partial charge in [-0.2, -0.15) is 0 Å². The van der Waals surface area contributed by atoms with Crippen molar-refractivity contribution in [2.75, 3.05) is 0 Å². The third-order valence-corrected chi connectivity index (χ3v) is 3.89. The first-order valence-corrected chi connectivity index (χ1v) is 8.30. The molecule has 0 heterocycles. The van der Waals surface area contributed by atoms with E-state index in [-0.39, 0.29) is 0 Å².